The molecule has 0 aromatic heterocycles. The van der Waals surface area contributed by atoms with Crippen LogP contribution in [0, 0.1) is 5.82 Å². The number of carbonyl (C=O) groups excluding carboxylic acids is 2. The van der Waals surface area contributed by atoms with E-state index in [-0.39, 0.29) is 24.2 Å². The van der Waals surface area contributed by atoms with Crippen molar-refractivity contribution in [3.8, 4) is 0 Å². The number of nitrogens with zero attached hydrogens (tertiary/aromatic N) is 1. The quantitative estimate of drug-likeness (QED) is 0.909. The molecular weight excluding hydrogens is 319 g/mol. The summed E-state index contributed by atoms with van der Waals surface area (Å²) in [7, 11) is 0. The highest BCUT2D eigenvalue weighted by atomic mass is 19.1. The highest BCUT2D eigenvalue weighted by Crippen LogP contribution is 2.32. The molecule has 2 amide bonds. The average molecular weight is 340 g/mol. The van der Waals surface area contributed by atoms with Gasteiger partial charge < -0.3 is 10.2 Å². The van der Waals surface area contributed by atoms with Crippen molar-refractivity contribution < 1.29 is 14.0 Å². The molecular formula is C20H21FN2O2. The number of halogens is 1. The Kier molecular flexibility index (Phi) is 4.83. The third-order valence-corrected chi connectivity index (χ3v) is 4.79. The number of amides is 2. The van der Waals surface area contributed by atoms with E-state index in [0.717, 1.165) is 5.56 Å². The van der Waals surface area contributed by atoms with Crippen molar-refractivity contribution >= 4 is 11.8 Å². The molecule has 2 aromatic rings. The van der Waals surface area contributed by atoms with Crippen LogP contribution in [0.2, 0.25) is 0 Å². The van der Waals surface area contributed by atoms with Gasteiger partial charge in [-0.25, -0.2) is 4.39 Å². The summed E-state index contributed by atoms with van der Waals surface area (Å²) in [4.78, 5) is 26.6. The number of hydrogen-bond acceptors (Lipinski definition) is 2. The largest absolute Gasteiger partial charge is 0.350 e. The predicted molar refractivity (Wildman–Crippen MR) is 92.9 cm³/mol. The smallest absolute Gasteiger partial charge is 0.245 e. The van der Waals surface area contributed by atoms with Gasteiger partial charge in [-0.1, -0.05) is 48.5 Å². The van der Waals surface area contributed by atoms with Gasteiger partial charge in [-0.2, -0.15) is 0 Å². The summed E-state index contributed by atoms with van der Waals surface area (Å²) in [5.41, 5.74) is 0.443. The van der Waals surface area contributed by atoms with E-state index in [2.05, 4.69) is 5.32 Å². The number of hydrogen-bond donors (Lipinski definition) is 1. The lowest BCUT2D eigenvalue weighted by Gasteiger charge is -2.34. The van der Waals surface area contributed by atoms with Crippen molar-refractivity contribution in [3.05, 3.63) is 71.5 Å². The second kappa shape index (κ2) is 7.05. The Morgan fingerprint density at radius 2 is 1.84 bits per heavy atom. The van der Waals surface area contributed by atoms with E-state index >= 15 is 0 Å². The van der Waals surface area contributed by atoms with Crippen LogP contribution in [0.25, 0.3) is 0 Å². The third kappa shape index (κ3) is 3.55. The maximum absolute atomic E-state index is 14.0. The van der Waals surface area contributed by atoms with E-state index in [9.17, 15) is 14.0 Å². The lowest BCUT2D eigenvalue weighted by atomic mass is 9.97. The average Bonchev–Trinajstić information content (AvgIpc) is 2.92. The summed E-state index contributed by atoms with van der Waals surface area (Å²) >= 11 is 0. The van der Waals surface area contributed by atoms with Crippen molar-refractivity contribution in [2.24, 2.45) is 0 Å². The van der Waals surface area contributed by atoms with E-state index in [1.807, 2.05) is 30.3 Å². The third-order valence-electron chi connectivity index (χ3n) is 4.79. The second-order valence-corrected chi connectivity index (χ2v) is 6.51. The number of benzene rings is 2. The van der Waals surface area contributed by atoms with Crippen LogP contribution in [0.4, 0.5) is 4.39 Å². The lowest BCUT2D eigenvalue weighted by molar-refractivity contribution is -0.141. The normalized spacial score (nSPS) is 19.9. The number of likely N-dealkylation sites (tertiary alicyclic amines) is 1. The summed E-state index contributed by atoms with van der Waals surface area (Å²) in [5.74, 6) is -0.701. The van der Waals surface area contributed by atoms with Gasteiger partial charge in [-0.05, 0) is 25.0 Å². The van der Waals surface area contributed by atoms with Crippen LogP contribution in [0.3, 0.4) is 0 Å². The van der Waals surface area contributed by atoms with Gasteiger partial charge >= 0.3 is 0 Å². The number of nitrogens with one attached hydrogen (secondary N) is 1. The zero-order valence-corrected chi connectivity index (χ0v) is 14.2. The van der Waals surface area contributed by atoms with Crippen LogP contribution in [0.1, 0.15) is 30.9 Å². The molecule has 1 heterocycles. The van der Waals surface area contributed by atoms with Gasteiger partial charge in [0.1, 0.15) is 11.4 Å². The van der Waals surface area contributed by atoms with Gasteiger partial charge in [0.2, 0.25) is 11.8 Å². The van der Waals surface area contributed by atoms with Gasteiger partial charge in [-0.15, -0.1) is 0 Å². The highest BCUT2D eigenvalue weighted by Gasteiger charge is 2.47. The molecule has 0 saturated carbocycles. The topological polar surface area (TPSA) is 49.4 Å². The first-order chi connectivity index (χ1) is 12.0. The zero-order valence-electron chi connectivity index (χ0n) is 14.2. The van der Waals surface area contributed by atoms with Crippen molar-refractivity contribution in [1.29, 1.82) is 0 Å². The zero-order chi connectivity index (χ0) is 17.9. The minimum atomic E-state index is -0.964. The molecule has 4 nitrogen and oxygen atoms in total. The van der Waals surface area contributed by atoms with Crippen molar-refractivity contribution in [2.75, 3.05) is 0 Å². The van der Waals surface area contributed by atoms with Crippen LogP contribution in [0.5, 0.6) is 0 Å². The summed E-state index contributed by atoms with van der Waals surface area (Å²) in [6, 6.07) is 15.9. The van der Waals surface area contributed by atoms with E-state index in [4.69, 9.17) is 0 Å². The molecule has 0 radical (unpaired) electrons. The number of rotatable bonds is 5. The fourth-order valence-corrected chi connectivity index (χ4v) is 3.16. The van der Waals surface area contributed by atoms with Crippen LogP contribution in [-0.4, -0.2) is 22.3 Å². The predicted octanol–water partition coefficient (Wildman–Crippen LogP) is 3.02. The molecule has 5 heteroatoms. The standard InChI is InChI=1S/C20H21FN2O2/c1-20(19(25)22-13-15-7-3-2-4-8-15)12-11-18(24)23(20)14-16-9-5-6-10-17(16)21/h2-10H,11-14H2,1H3,(H,22,25). The fraction of sp³-hybridized carbons (Fsp3) is 0.300. The molecule has 2 aromatic carbocycles. The second-order valence-electron chi connectivity index (χ2n) is 6.51. The molecule has 1 N–H and O–H groups in total. The van der Waals surface area contributed by atoms with Crippen LogP contribution < -0.4 is 5.32 Å². The number of carbonyl (C=O) groups is 2. The SMILES string of the molecule is CC1(C(=O)NCc2ccccc2)CCC(=O)N1Cc1ccccc1F. The van der Waals surface area contributed by atoms with Crippen molar-refractivity contribution in [2.45, 2.75) is 38.4 Å². The molecule has 1 aliphatic rings. The van der Waals surface area contributed by atoms with Crippen molar-refractivity contribution in [1.82, 2.24) is 10.2 Å². The van der Waals surface area contributed by atoms with Gasteiger partial charge in [-0.3, -0.25) is 9.59 Å². The summed E-state index contributed by atoms with van der Waals surface area (Å²) in [6.07, 6.45) is 0.727. The first-order valence-electron chi connectivity index (χ1n) is 8.37. The van der Waals surface area contributed by atoms with Crippen LogP contribution in [-0.2, 0) is 22.7 Å². The van der Waals surface area contributed by atoms with E-state index in [1.54, 1.807) is 25.1 Å². The minimum absolute atomic E-state index is 0.0980. The molecule has 1 saturated heterocycles. The van der Waals surface area contributed by atoms with Crippen molar-refractivity contribution in [3.63, 3.8) is 0 Å². The molecule has 3 rings (SSSR count). The van der Waals surface area contributed by atoms with Crippen LogP contribution in [0.15, 0.2) is 54.6 Å². The van der Waals surface area contributed by atoms with Gasteiger partial charge in [0.15, 0.2) is 0 Å². The molecule has 1 atom stereocenters. The van der Waals surface area contributed by atoms with E-state index in [1.165, 1.54) is 11.0 Å². The highest BCUT2D eigenvalue weighted by molar-refractivity contribution is 5.94. The molecule has 130 valence electrons. The molecule has 1 unspecified atom stereocenters. The monoisotopic (exact) mass is 340 g/mol. The molecule has 0 aliphatic carbocycles. The maximum Gasteiger partial charge on any atom is 0.245 e. The molecule has 1 aliphatic heterocycles. The van der Waals surface area contributed by atoms with E-state index < -0.39 is 5.54 Å². The maximum atomic E-state index is 14.0. The first kappa shape index (κ1) is 17.1. The lowest BCUT2D eigenvalue weighted by Crippen LogP contribution is -2.54. The summed E-state index contributed by atoms with van der Waals surface area (Å²) < 4.78 is 14.0. The van der Waals surface area contributed by atoms with E-state index in [0.29, 0.717) is 24.9 Å². The summed E-state index contributed by atoms with van der Waals surface area (Å²) in [5, 5.41) is 2.91. The molecule has 25 heavy (non-hydrogen) atoms. The Labute approximate surface area is 146 Å². The summed E-state index contributed by atoms with van der Waals surface area (Å²) in [6.45, 7) is 2.25. The van der Waals surface area contributed by atoms with Gasteiger partial charge in [0.05, 0.1) is 0 Å². The minimum Gasteiger partial charge on any atom is -0.350 e. The molecule has 0 bridgehead atoms. The first-order valence-corrected chi connectivity index (χ1v) is 8.37. The van der Waals surface area contributed by atoms with Gasteiger partial charge in [0, 0.05) is 25.1 Å². The Morgan fingerprint density at radius 1 is 1.16 bits per heavy atom. The van der Waals surface area contributed by atoms with Gasteiger partial charge in [0.25, 0.3) is 0 Å². The Bertz CT molecular complexity index is 778. The Balaban J connectivity index is 1.74. The Hall–Kier alpha value is -2.69. The fourth-order valence-electron chi connectivity index (χ4n) is 3.16. The molecule has 1 fully saturated rings. The molecule has 0 spiro atoms. The Morgan fingerprint density at radius 3 is 2.56 bits per heavy atom. The van der Waals surface area contributed by atoms with Crippen LogP contribution >= 0.6 is 0 Å².